The minimum absolute atomic E-state index is 0.374. The third-order valence-corrected chi connectivity index (χ3v) is 6.74. The normalized spacial score (nSPS) is 25.8. The molecule has 154 valence electrons. The highest BCUT2D eigenvalue weighted by Gasteiger charge is 2.50. The molecule has 1 fully saturated rings. The predicted molar refractivity (Wildman–Crippen MR) is 109 cm³/mol. The minimum atomic E-state index is -0.492. The average Bonchev–Trinajstić information content (AvgIpc) is 2.67. The Morgan fingerprint density at radius 3 is 2.79 bits per heavy atom. The highest BCUT2D eigenvalue weighted by Crippen LogP contribution is 2.59. The van der Waals surface area contributed by atoms with E-state index in [4.69, 9.17) is 14.2 Å². The van der Waals surface area contributed by atoms with Crippen LogP contribution < -0.4 is 9.47 Å². The maximum Gasteiger partial charge on any atom is 0.161 e. The zero-order chi connectivity index (χ0) is 19.7. The summed E-state index contributed by atoms with van der Waals surface area (Å²) in [6, 6.07) is 6.04. The molecule has 3 atom stereocenters. The van der Waals surface area contributed by atoms with E-state index in [-0.39, 0.29) is 0 Å². The van der Waals surface area contributed by atoms with Crippen molar-refractivity contribution in [1.29, 1.82) is 0 Å². The highest BCUT2D eigenvalue weighted by atomic mass is 16.6. The molecule has 4 aliphatic rings. The van der Waals surface area contributed by atoms with E-state index in [1.807, 2.05) is 19.2 Å². The van der Waals surface area contributed by atoms with Crippen molar-refractivity contribution in [2.45, 2.75) is 39.3 Å². The second-order valence-corrected chi connectivity index (χ2v) is 9.17. The lowest BCUT2D eigenvalue weighted by atomic mass is 9.49. The van der Waals surface area contributed by atoms with Gasteiger partial charge in [0.05, 0.1) is 19.3 Å². The van der Waals surface area contributed by atoms with Gasteiger partial charge in [0.1, 0.15) is 13.2 Å². The third kappa shape index (κ3) is 4.07. The van der Waals surface area contributed by atoms with Crippen molar-refractivity contribution in [2.75, 3.05) is 40.0 Å². The molecule has 1 aliphatic heterocycles. The molecule has 1 saturated carbocycles. The SMILES string of the molecule is CN(Cc1ccc2c(c1)OCCO2)CC(O)COCC1=CCC2CC1C2(C)C. The number of rotatable bonds is 8. The molecule has 1 heterocycles. The number of ether oxygens (including phenoxy) is 3. The summed E-state index contributed by atoms with van der Waals surface area (Å²) in [7, 11) is 2.01. The highest BCUT2D eigenvalue weighted by molar-refractivity contribution is 5.43. The van der Waals surface area contributed by atoms with E-state index in [1.165, 1.54) is 18.4 Å². The van der Waals surface area contributed by atoms with Gasteiger partial charge in [-0.3, -0.25) is 4.90 Å². The molecule has 1 aromatic carbocycles. The Morgan fingerprint density at radius 2 is 2.04 bits per heavy atom. The van der Waals surface area contributed by atoms with Crippen LogP contribution in [-0.2, 0) is 11.3 Å². The van der Waals surface area contributed by atoms with Gasteiger partial charge < -0.3 is 19.3 Å². The van der Waals surface area contributed by atoms with Crippen LogP contribution in [0.3, 0.4) is 0 Å². The molecule has 1 aromatic rings. The van der Waals surface area contributed by atoms with Gasteiger partial charge in [-0.15, -0.1) is 0 Å². The maximum atomic E-state index is 10.4. The molecule has 0 spiro atoms. The second-order valence-electron chi connectivity index (χ2n) is 9.17. The summed E-state index contributed by atoms with van der Waals surface area (Å²) in [5, 5.41) is 10.4. The fourth-order valence-electron chi connectivity index (χ4n) is 4.93. The standard InChI is InChI=1S/C23H33NO4/c1-23(2)18-6-5-17(20(23)11-18)14-26-15-19(25)13-24(3)12-16-4-7-21-22(10-16)28-9-8-27-21/h4-5,7,10,18-20,25H,6,8-9,11-15H2,1-3H3. The first-order chi connectivity index (χ1) is 13.4. The van der Waals surface area contributed by atoms with Crippen LogP contribution in [0.4, 0.5) is 0 Å². The maximum absolute atomic E-state index is 10.4. The zero-order valence-electron chi connectivity index (χ0n) is 17.3. The molecule has 5 heteroatoms. The van der Waals surface area contributed by atoms with Gasteiger partial charge in [0.2, 0.25) is 0 Å². The number of fused-ring (bicyclic) bond motifs is 2. The Balaban J connectivity index is 1.20. The molecule has 28 heavy (non-hydrogen) atoms. The van der Waals surface area contributed by atoms with Gasteiger partial charge in [-0.25, -0.2) is 0 Å². The quantitative estimate of drug-likeness (QED) is 0.694. The van der Waals surface area contributed by atoms with Crippen molar-refractivity contribution < 1.29 is 19.3 Å². The van der Waals surface area contributed by atoms with Crippen molar-refractivity contribution in [3.63, 3.8) is 0 Å². The summed E-state index contributed by atoms with van der Waals surface area (Å²) < 4.78 is 17.1. The molecule has 0 aromatic heterocycles. The number of benzene rings is 1. The van der Waals surface area contributed by atoms with Gasteiger partial charge in [-0.2, -0.15) is 0 Å². The van der Waals surface area contributed by atoms with Crippen molar-refractivity contribution >= 4 is 0 Å². The predicted octanol–water partition coefficient (Wildman–Crippen LogP) is 3.26. The summed E-state index contributed by atoms with van der Waals surface area (Å²) in [6.07, 6.45) is 4.37. The number of allylic oxidation sites excluding steroid dienone is 1. The topological polar surface area (TPSA) is 51.2 Å². The summed E-state index contributed by atoms with van der Waals surface area (Å²) >= 11 is 0. The van der Waals surface area contributed by atoms with Crippen LogP contribution in [0.2, 0.25) is 0 Å². The summed E-state index contributed by atoms with van der Waals surface area (Å²) in [4.78, 5) is 2.11. The lowest BCUT2D eigenvalue weighted by molar-refractivity contribution is -0.0257. The van der Waals surface area contributed by atoms with E-state index in [0.29, 0.717) is 44.3 Å². The smallest absolute Gasteiger partial charge is 0.161 e. The fourth-order valence-corrected chi connectivity index (χ4v) is 4.93. The van der Waals surface area contributed by atoms with Crippen LogP contribution in [-0.4, -0.2) is 56.1 Å². The molecule has 0 saturated heterocycles. The Morgan fingerprint density at radius 1 is 1.25 bits per heavy atom. The Kier molecular flexibility index (Phi) is 5.68. The summed E-state index contributed by atoms with van der Waals surface area (Å²) in [5.41, 5.74) is 3.01. The van der Waals surface area contributed by atoms with E-state index in [2.05, 4.69) is 30.9 Å². The number of likely N-dealkylation sites (N-methyl/N-ethyl adjacent to an activating group) is 1. The first kappa shape index (κ1) is 19.7. The van der Waals surface area contributed by atoms with Crippen LogP contribution in [0.5, 0.6) is 11.5 Å². The molecular weight excluding hydrogens is 354 g/mol. The van der Waals surface area contributed by atoms with Crippen LogP contribution >= 0.6 is 0 Å². The summed E-state index contributed by atoms with van der Waals surface area (Å²) in [6.45, 7) is 8.30. The lowest BCUT2D eigenvalue weighted by Gasteiger charge is -2.56. The largest absolute Gasteiger partial charge is 0.486 e. The molecular formula is C23H33NO4. The third-order valence-electron chi connectivity index (χ3n) is 6.74. The molecule has 5 nitrogen and oxygen atoms in total. The van der Waals surface area contributed by atoms with Gasteiger partial charge in [0, 0.05) is 13.1 Å². The molecule has 3 aliphatic carbocycles. The average molecular weight is 388 g/mol. The van der Waals surface area contributed by atoms with Crippen LogP contribution in [0.25, 0.3) is 0 Å². The number of hydrogen-bond acceptors (Lipinski definition) is 5. The first-order valence-corrected chi connectivity index (χ1v) is 10.5. The molecule has 5 rings (SSSR count). The second kappa shape index (κ2) is 8.05. The molecule has 2 bridgehead atoms. The van der Waals surface area contributed by atoms with E-state index in [9.17, 15) is 5.11 Å². The van der Waals surface area contributed by atoms with Crippen molar-refractivity contribution in [1.82, 2.24) is 4.90 Å². The van der Waals surface area contributed by atoms with E-state index in [0.717, 1.165) is 29.5 Å². The van der Waals surface area contributed by atoms with Crippen LogP contribution in [0, 0.1) is 17.3 Å². The van der Waals surface area contributed by atoms with Crippen LogP contribution in [0.15, 0.2) is 29.8 Å². The number of aliphatic hydroxyl groups excluding tert-OH is 1. The van der Waals surface area contributed by atoms with Crippen molar-refractivity contribution in [3.8, 4) is 11.5 Å². The van der Waals surface area contributed by atoms with E-state index < -0.39 is 6.10 Å². The van der Waals surface area contributed by atoms with Gasteiger partial charge in [0.15, 0.2) is 11.5 Å². The van der Waals surface area contributed by atoms with Crippen molar-refractivity contribution in [2.24, 2.45) is 17.3 Å². The Labute approximate surface area is 168 Å². The molecule has 0 amide bonds. The van der Waals surface area contributed by atoms with E-state index >= 15 is 0 Å². The fraction of sp³-hybridized carbons (Fsp3) is 0.652. The van der Waals surface area contributed by atoms with Gasteiger partial charge in [-0.05, 0) is 60.4 Å². The Hall–Kier alpha value is -1.56. The minimum Gasteiger partial charge on any atom is -0.486 e. The monoisotopic (exact) mass is 387 g/mol. The first-order valence-electron chi connectivity index (χ1n) is 10.5. The lowest BCUT2D eigenvalue weighted by Crippen LogP contribution is -2.48. The van der Waals surface area contributed by atoms with Gasteiger partial charge in [0.25, 0.3) is 0 Å². The van der Waals surface area contributed by atoms with E-state index in [1.54, 1.807) is 0 Å². The number of aliphatic hydroxyl groups is 1. The number of hydrogen-bond donors (Lipinski definition) is 1. The van der Waals surface area contributed by atoms with Gasteiger partial charge in [-0.1, -0.05) is 26.0 Å². The zero-order valence-corrected chi connectivity index (χ0v) is 17.3. The molecule has 3 unspecified atom stereocenters. The Bertz CT molecular complexity index is 729. The molecule has 0 radical (unpaired) electrons. The molecule has 1 N–H and O–H groups in total. The van der Waals surface area contributed by atoms with Gasteiger partial charge >= 0.3 is 0 Å². The van der Waals surface area contributed by atoms with Crippen LogP contribution in [0.1, 0.15) is 32.3 Å². The number of nitrogens with zero attached hydrogens (tertiary/aromatic N) is 1. The summed E-state index contributed by atoms with van der Waals surface area (Å²) in [5.74, 6) is 3.13. The van der Waals surface area contributed by atoms with Crippen molar-refractivity contribution in [3.05, 3.63) is 35.4 Å².